The number of hydrogen-bond donors (Lipinski definition) is 1. The van der Waals surface area contributed by atoms with Crippen LogP contribution in [-0.2, 0) is 17.3 Å². The summed E-state index contributed by atoms with van der Waals surface area (Å²) < 4.78 is 45.8. The first-order valence-corrected chi connectivity index (χ1v) is 9.94. The predicted octanol–water partition coefficient (Wildman–Crippen LogP) is 4.52. The Bertz CT molecular complexity index is 1220. The molecule has 0 spiro atoms. The number of carbonyl (C=O) groups is 1. The number of benzene rings is 1. The van der Waals surface area contributed by atoms with E-state index in [4.69, 9.17) is 16.3 Å². The summed E-state index contributed by atoms with van der Waals surface area (Å²) in [7, 11) is 0. The molecule has 3 aromatic rings. The molecule has 0 bridgehead atoms. The van der Waals surface area contributed by atoms with Crippen molar-refractivity contribution in [3.8, 4) is 5.69 Å². The number of fused-ring (bicyclic) bond motifs is 1. The molecule has 0 aliphatic rings. The number of rotatable bonds is 4. The third-order valence-electron chi connectivity index (χ3n) is 4.24. The van der Waals surface area contributed by atoms with Crippen molar-refractivity contribution >= 4 is 28.6 Å². The summed E-state index contributed by atoms with van der Waals surface area (Å²) >= 11 is 6.16. The van der Waals surface area contributed by atoms with Gasteiger partial charge in [0, 0.05) is 19.2 Å². The van der Waals surface area contributed by atoms with Crippen LogP contribution in [0.4, 0.5) is 18.0 Å². The SMILES string of the molecule is CC(C)(C)OC(=O)NCCc1nc2cccc(Cl)c2c(=O)n1-c1cncc(C(F)(F)F)c1. The van der Waals surface area contributed by atoms with Crippen LogP contribution in [0.5, 0.6) is 0 Å². The van der Waals surface area contributed by atoms with Crippen molar-refractivity contribution in [1.82, 2.24) is 19.9 Å². The molecule has 2 heterocycles. The van der Waals surface area contributed by atoms with Crippen LogP contribution in [0.3, 0.4) is 0 Å². The molecule has 170 valence electrons. The number of alkyl halides is 3. The van der Waals surface area contributed by atoms with E-state index >= 15 is 0 Å². The highest BCUT2D eigenvalue weighted by atomic mass is 35.5. The van der Waals surface area contributed by atoms with Crippen LogP contribution in [0.2, 0.25) is 5.02 Å². The fourth-order valence-electron chi connectivity index (χ4n) is 2.97. The lowest BCUT2D eigenvalue weighted by molar-refractivity contribution is -0.137. The standard InChI is InChI=1S/C21H20ClF3N4O3/c1-20(2,3)32-19(31)27-8-7-16-28-15-6-4-5-14(22)17(15)18(30)29(16)13-9-12(10-26-11-13)21(23,24)25/h4-6,9-11H,7-8H2,1-3H3,(H,27,31). The number of nitrogens with zero attached hydrogens (tertiary/aromatic N) is 3. The van der Waals surface area contributed by atoms with Crippen LogP contribution in [0.1, 0.15) is 32.2 Å². The van der Waals surface area contributed by atoms with Gasteiger partial charge in [0.2, 0.25) is 0 Å². The van der Waals surface area contributed by atoms with Crippen LogP contribution in [0.25, 0.3) is 16.6 Å². The number of aromatic nitrogens is 3. The van der Waals surface area contributed by atoms with E-state index in [1.807, 2.05) is 0 Å². The van der Waals surface area contributed by atoms with Gasteiger partial charge in [-0.05, 0) is 39.0 Å². The minimum absolute atomic E-state index is 0.0276. The second-order valence-corrected chi connectivity index (χ2v) is 8.32. The van der Waals surface area contributed by atoms with Crippen LogP contribution in [0, 0.1) is 0 Å². The van der Waals surface area contributed by atoms with Gasteiger partial charge in [-0.25, -0.2) is 9.78 Å². The lowest BCUT2D eigenvalue weighted by Crippen LogP contribution is -2.34. The normalized spacial score (nSPS) is 12.1. The van der Waals surface area contributed by atoms with E-state index in [0.717, 1.165) is 16.8 Å². The number of halogens is 4. The Kier molecular flexibility index (Phi) is 6.45. The molecule has 3 rings (SSSR count). The van der Waals surface area contributed by atoms with Crippen LogP contribution < -0.4 is 10.9 Å². The monoisotopic (exact) mass is 468 g/mol. The van der Waals surface area contributed by atoms with Crippen LogP contribution in [0.15, 0.2) is 41.5 Å². The summed E-state index contributed by atoms with van der Waals surface area (Å²) in [4.78, 5) is 33.2. The fourth-order valence-corrected chi connectivity index (χ4v) is 3.22. The minimum atomic E-state index is -4.65. The molecular formula is C21H20ClF3N4O3. The van der Waals surface area contributed by atoms with Crippen molar-refractivity contribution in [3.05, 3.63) is 63.4 Å². The van der Waals surface area contributed by atoms with E-state index in [9.17, 15) is 22.8 Å². The molecule has 32 heavy (non-hydrogen) atoms. The van der Waals surface area contributed by atoms with E-state index in [-0.39, 0.29) is 40.4 Å². The van der Waals surface area contributed by atoms with Gasteiger partial charge in [0.1, 0.15) is 11.4 Å². The summed E-state index contributed by atoms with van der Waals surface area (Å²) in [6.07, 6.45) is -3.48. The Balaban J connectivity index is 2.06. The van der Waals surface area contributed by atoms with Crippen molar-refractivity contribution in [2.75, 3.05) is 6.54 Å². The Morgan fingerprint density at radius 3 is 2.59 bits per heavy atom. The van der Waals surface area contributed by atoms with Crippen LogP contribution in [-0.4, -0.2) is 32.8 Å². The molecular weight excluding hydrogens is 449 g/mol. The second-order valence-electron chi connectivity index (χ2n) is 7.91. The average molecular weight is 469 g/mol. The summed E-state index contributed by atoms with van der Waals surface area (Å²) in [5.41, 5.74) is -2.20. The molecule has 0 aliphatic heterocycles. The number of amides is 1. The molecule has 0 saturated carbocycles. The maximum atomic E-state index is 13.2. The molecule has 0 fully saturated rings. The molecule has 1 amide bonds. The molecule has 11 heteroatoms. The third-order valence-corrected chi connectivity index (χ3v) is 4.56. The Labute approximate surface area is 186 Å². The average Bonchev–Trinajstić information content (AvgIpc) is 2.66. The van der Waals surface area contributed by atoms with Crippen molar-refractivity contribution < 1.29 is 22.7 Å². The van der Waals surface area contributed by atoms with Crippen molar-refractivity contribution in [2.24, 2.45) is 0 Å². The molecule has 7 nitrogen and oxygen atoms in total. The summed E-state index contributed by atoms with van der Waals surface area (Å²) in [6, 6.07) is 5.48. The van der Waals surface area contributed by atoms with Crippen LogP contribution >= 0.6 is 11.6 Å². The molecule has 1 N–H and O–H groups in total. The zero-order valence-electron chi connectivity index (χ0n) is 17.5. The van der Waals surface area contributed by atoms with Gasteiger partial charge in [0.15, 0.2) is 0 Å². The first-order chi connectivity index (χ1) is 14.9. The van der Waals surface area contributed by atoms with Crippen molar-refractivity contribution in [1.29, 1.82) is 0 Å². The predicted molar refractivity (Wildman–Crippen MR) is 113 cm³/mol. The lowest BCUT2D eigenvalue weighted by atomic mass is 10.2. The zero-order chi connectivity index (χ0) is 23.7. The highest BCUT2D eigenvalue weighted by Crippen LogP contribution is 2.30. The van der Waals surface area contributed by atoms with Gasteiger partial charge in [0.05, 0.1) is 33.4 Å². The summed E-state index contributed by atoms with van der Waals surface area (Å²) in [5.74, 6) is 0.127. The number of carbonyl (C=O) groups excluding carboxylic acids is 1. The Hall–Kier alpha value is -3.14. The smallest absolute Gasteiger partial charge is 0.417 e. The molecule has 1 aromatic carbocycles. The topological polar surface area (TPSA) is 86.1 Å². The summed E-state index contributed by atoms with van der Waals surface area (Å²) in [5, 5.41) is 2.73. The number of hydrogen-bond acceptors (Lipinski definition) is 5. The Morgan fingerprint density at radius 2 is 1.94 bits per heavy atom. The van der Waals surface area contributed by atoms with Gasteiger partial charge in [-0.15, -0.1) is 0 Å². The number of ether oxygens (including phenoxy) is 1. The largest absolute Gasteiger partial charge is 0.444 e. The second kappa shape index (κ2) is 8.78. The molecule has 0 atom stereocenters. The quantitative estimate of drug-likeness (QED) is 0.608. The Morgan fingerprint density at radius 1 is 1.22 bits per heavy atom. The lowest BCUT2D eigenvalue weighted by Gasteiger charge is -2.20. The minimum Gasteiger partial charge on any atom is -0.444 e. The highest BCUT2D eigenvalue weighted by molar-refractivity contribution is 6.35. The molecule has 2 aromatic heterocycles. The van der Waals surface area contributed by atoms with Gasteiger partial charge in [0.25, 0.3) is 5.56 Å². The fraction of sp³-hybridized carbons (Fsp3) is 0.333. The maximum absolute atomic E-state index is 13.2. The van der Waals surface area contributed by atoms with Gasteiger partial charge in [-0.2, -0.15) is 13.2 Å². The highest BCUT2D eigenvalue weighted by Gasteiger charge is 2.31. The third kappa shape index (κ3) is 5.37. The maximum Gasteiger partial charge on any atom is 0.417 e. The number of alkyl carbamates (subject to hydrolysis) is 1. The molecule has 0 unspecified atom stereocenters. The molecule has 0 saturated heterocycles. The van der Waals surface area contributed by atoms with E-state index in [2.05, 4.69) is 15.3 Å². The van der Waals surface area contributed by atoms with Gasteiger partial charge >= 0.3 is 12.3 Å². The molecule has 0 aliphatic carbocycles. The van der Waals surface area contributed by atoms with E-state index in [0.29, 0.717) is 6.20 Å². The van der Waals surface area contributed by atoms with E-state index in [1.54, 1.807) is 32.9 Å². The number of pyridine rings is 1. The zero-order valence-corrected chi connectivity index (χ0v) is 18.2. The van der Waals surface area contributed by atoms with Gasteiger partial charge in [-0.1, -0.05) is 17.7 Å². The van der Waals surface area contributed by atoms with E-state index < -0.39 is 29.0 Å². The number of nitrogens with one attached hydrogen (secondary N) is 1. The van der Waals surface area contributed by atoms with E-state index in [1.165, 1.54) is 6.07 Å². The summed E-state index contributed by atoms with van der Waals surface area (Å²) in [6.45, 7) is 5.15. The first kappa shape index (κ1) is 23.5. The molecule has 0 radical (unpaired) electrons. The van der Waals surface area contributed by atoms with Gasteiger partial charge < -0.3 is 10.1 Å². The van der Waals surface area contributed by atoms with Crippen molar-refractivity contribution in [2.45, 2.75) is 39.0 Å². The first-order valence-electron chi connectivity index (χ1n) is 9.56. The van der Waals surface area contributed by atoms with Gasteiger partial charge in [-0.3, -0.25) is 14.3 Å². The van der Waals surface area contributed by atoms with Crippen molar-refractivity contribution in [3.63, 3.8) is 0 Å².